The standard InChI is InChI=1S/C14H14ClNO2/c1-17-14(5-6-14)9-18-11-2-3-12-10(8-11)4-7-16-13(12)15/h2-4,7-8H,5-6,9H2,1H3. The molecule has 0 spiro atoms. The molecule has 0 bridgehead atoms. The molecule has 2 aromatic rings. The van der Waals surface area contributed by atoms with Crippen molar-refractivity contribution in [1.29, 1.82) is 0 Å². The molecular weight excluding hydrogens is 250 g/mol. The van der Waals surface area contributed by atoms with Crippen LogP contribution >= 0.6 is 11.6 Å². The van der Waals surface area contributed by atoms with Crippen LogP contribution < -0.4 is 4.74 Å². The fraction of sp³-hybridized carbons (Fsp3) is 0.357. The van der Waals surface area contributed by atoms with Crippen LogP contribution in [0.3, 0.4) is 0 Å². The van der Waals surface area contributed by atoms with E-state index in [1.165, 1.54) is 0 Å². The number of nitrogens with zero attached hydrogens (tertiary/aromatic N) is 1. The minimum Gasteiger partial charge on any atom is -0.491 e. The van der Waals surface area contributed by atoms with Gasteiger partial charge in [-0.2, -0.15) is 0 Å². The highest BCUT2D eigenvalue weighted by atomic mass is 35.5. The van der Waals surface area contributed by atoms with Crippen LogP contribution in [0.2, 0.25) is 5.15 Å². The zero-order valence-corrected chi connectivity index (χ0v) is 10.9. The smallest absolute Gasteiger partial charge is 0.136 e. The number of hydrogen-bond donors (Lipinski definition) is 0. The molecule has 0 aliphatic heterocycles. The van der Waals surface area contributed by atoms with Gasteiger partial charge < -0.3 is 9.47 Å². The van der Waals surface area contributed by atoms with Gasteiger partial charge in [-0.05, 0) is 42.5 Å². The van der Waals surface area contributed by atoms with Gasteiger partial charge in [0.1, 0.15) is 23.1 Å². The van der Waals surface area contributed by atoms with Crippen LogP contribution in [0.4, 0.5) is 0 Å². The highest BCUT2D eigenvalue weighted by molar-refractivity contribution is 6.34. The summed E-state index contributed by atoms with van der Waals surface area (Å²) in [5.41, 5.74) is -0.0507. The summed E-state index contributed by atoms with van der Waals surface area (Å²) in [5.74, 6) is 0.841. The van der Waals surface area contributed by atoms with Gasteiger partial charge in [-0.1, -0.05) is 11.6 Å². The van der Waals surface area contributed by atoms with Crippen LogP contribution in [0.15, 0.2) is 30.5 Å². The van der Waals surface area contributed by atoms with Crippen molar-refractivity contribution in [3.05, 3.63) is 35.6 Å². The minimum absolute atomic E-state index is 0.0507. The first kappa shape index (κ1) is 11.8. The van der Waals surface area contributed by atoms with Gasteiger partial charge in [0.2, 0.25) is 0 Å². The fourth-order valence-electron chi connectivity index (χ4n) is 1.97. The molecule has 1 fully saturated rings. The van der Waals surface area contributed by atoms with Crippen LogP contribution in [0.1, 0.15) is 12.8 Å². The molecule has 3 nitrogen and oxygen atoms in total. The van der Waals surface area contributed by atoms with Crippen LogP contribution in [0.5, 0.6) is 5.75 Å². The summed E-state index contributed by atoms with van der Waals surface area (Å²) in [6.45, 7) is 0.605. The van der Waals surface area contributed by atoms with E-state index in [-0.39, 0.29) is 5.60 Å². The zero-order valence-electron chi connectivity index (χ0n) is 10.1. The average Bonchev–Trinajstić information content (AvgIpc) is 3.17. The monoisotopic (exact) mass is 263 g/mol. The Bertz CT molecular complexity index is 581. The lowest BCUT2D eigenvalue weighted by atomic mass is 10.2. The van der Waals surface area contributed by atoms with Crippen LogP contribution in [0.25, 0.3) is 10.8 Å². The van der Waals surface area contributed by atoms with E-state index in [1.807, 2.05) is 24.3 Å². The molecule has 0 N–H and O–H groups in total. The predicted octanol–water partition coefficient (Wildman–Crippen LogP) is 3.45. The Morgan fingerprint density at radius 1 is 1.33 bits per heavy atom. The molecule has 1 aliphatic rings. The maximum atomic E-state index is 6.02. The Morgan fingerprint density at radius 3 is 2.89 bits per heavy atom. The third kappa shape index (κ3) is 2.16. The summed E-state index contributed by atoms with van der Waals surface area (Å²) in [7, 11) is 1.74. The SMILES string of the molecule is COC1(COc2ccc3c(Cl)nccc3c2)CC1. The Labute approximate surface area is 111 Å². The molecule has 1 heterocycles. The number of aromatic nitrogens is 1. The summed E-state index contributed by atoms with van der Waals surface area (Å²) >= 11 is 6.02. The lowest BCUT2D eigenvalue weighted by molar-refractivity contribution is 0.0370. The second-order valence-electron chi connectivity index (χ2n) is 4.66. The molecule has 3 rings (SSSR count). The number of halogens is 1. The van der Waals surface area contributed by atoms with E-state index in [0.717, 1.165) is 29.4 Å². The molecule has 1 saturated carbocycles. The first-order valence-corrected chi connectivity index (χ1v) is 6.32. The number of pyridine rings is 1. The second-order valence-corrected chi connectivity index (χ2v) is 5.02. The molecule has 0 amide bonds. The van der Waals surface area contributed by atoms with Crippen molar-refractivity contribution in [2.24, 2.45) is 0 Å². The third-order valence-corrected chi connectivity index (χ3v) is 3.73. The number of fused-ring (bicyclic) bond motifs is 1. The van der Waals surface area contributed by atoms with Crippen LogP contribution in [-0.4, -0.2) is 24.3 Å². The molecule has 0 saturated heterocycles. The van der Waals surface area contributed by atoms with Crippen LogP contribution in [0, 0.1) is 0 Å². The summed E-state index contributed by atoms with van der Waals surface area (Å²) in [4.78, 5) is 4.05. The number of benzene rings is 1. The number of rotatable bonds is 4. The number of ether oxygens (including phenoxy) is 2. The van der Waals surface area contributed by atoms with Crippen molar-refractivity contribution in [3.8, 4) is 5.75 Å². The van der Waals surface area contributed by atoms with E-state index in [0.29, 0.717) is 11.8 Å². The van der Waals surface area contributed by atoms with Gasteiger partial charge in [-0.15, -0.1) is 0 Å². The first-order valence-electron chi connectivity index (χ1n) is 5.95. The molecular formula is C14H14ClNO2. The van der Waals surface area contributed by atoms with Gasteiger partial charge in [0.15, 0.2) is 0 Å². The van der Waals surface area contributed by atoms with E-state index in [2.05, 4.69) is 4.98 Å². The van der Waals surface area contributed by atoms with Gasteiger partial charge in [-0.3, -0.25) is 0 Å². The summed E-state index contributed by atoms with van der Waals surface area (Å²) in [6.07, 6.45) is 3.85. The molecule has 94 valence electrons. The van der Waals surface area contributed by atoms with Crippen molar-refractivity contribution in [1.82, 2.24) is 4.98 Å². The average molecular weight is 264 g/mol. The van der Waals surface area contributed by atoms with E-state index in [1.54, 1.807) is 13.3 Å². The molecule has 0 unspecified atom stereocenters. The van der Waals surface area contributed by atoms with Gasteiger partial charge in [0.05, 0.1) is 0 Å². The van der Waals surface area contributed by atoms with Crippen molar-refractivity contribution in [2.45, 2.75) is 18.4 Å². The zero-order chi connectivity index (χ0) is 12.6. The second kappa shape index (κ2) is 4.41. The number of methoxy groups -OCH3 is 1. The number of hydrogen-bond acceptors (Lipinski definition) is 3. The fourth-order valence-corrected chi connectivity index (χ4v) is 2.20. The van der Waals surface area contributed by atoms with Crippen LogP contribution in [-0.2, 0) is 4.74 Å². The lowest BCUT2D eigenvalue weighted by Crippen LogP contribution is -2.21. The largest absolute Gasteiger partial charge is 0.491 e. The van der Waals surface area contributed by atoms with Gasteiger partial charge >= 0.3 is 0 Å². The Morgan fingerprint density at radius 2 is 2.17 bits per heavy atom. The van der Waals surface area contributed by atoms with Crippen molar-refractivity contribution >= 4 is 22.4 Å². The van der Waals surface area contributed by atoms with Gasteiger partial charge in [0, 0.05) is 18.7 Å². The Kier molecular flexibility index (Phi) is 2.88. The van der Waals surface area contributed by atoms with E-state index < -0.39 is 0 Å². The first-order chi connectivity index (χ1) is 8.72. The van der Waals surface area contributed by atoms with E-state index in [9.17, 15) is 0 Å². The van der Waals surface area contributed by atoms with Gasteiger partial charge in [-0.25, -0.2) is 4.98 Å². The summed E-state index contributed by atoms with van der Waals surface area (Å²) in [6, 6.07) is 7.76. The van der Waals surface area contributed by atoms with Crippen molar-refractivity contribution < 1.29 is 9.47 Å². The maximum absolute atomic E-state index is 6.02. The predicted molar refractivity (Wildman–Crippen MR) is 71.2 cm³/mol. The highest BCUT2D eigenvalue weighted by Gasteiger charge is 2.44. The Hall–Kier alpha value is -1.32. The van der Waals surface area contributed by atoms with E-state index in [4.69, 9.17) is 21.1 Å². The normalized spacial score (nSPS) is 16.8. The third-order valence-electron chi connectivity index (χ3n) is 3.43. The molecule has 0 atom stereocenters. The minimum atomic E-state index is -0.0507. The lowest BCUT2D eigenvalue weighted by Gasteiger charge is -2.14. The quantitative estimate of drug-likeness (QED) is 0.792. The molecule has 1 aromatic carbocycles. The molecule has 1 aliphatic carbocycles. The summed E-state index contributed by atoms with van der Waals surface area (Å²) < 4.78 is 11.2. The molecule has 18 heavy (non-hydrogen) atoms. The van der Waals surface area contributed by atoms with Crippen molar-refractivity contribution in [2.75, 3.05) is 13.7 Å². The topological polar surface area (TPSA) is 31.4 Å². The molecule has 0 radical (unpaired) electrons. The maximum Gasteiger partial charge on any atom is 0.136 e. The Balaban J connectivity index is 1.81. The van der Waals surface area contributed by atoms with Crippen molar-refractivity contribution in [3.63, 3.8) is 0 Å². The highest BCUT2D eigenvalue weighted by Crippen LogP contribution is 2.39. The van der Waals surface area contributed by atoms with Gasteiger partial charge in [0.25, 0.3) is 0 Å². The summed E-state index contributed by atoms with van der Waals surface area (Å²) in [5, 5.41) is 2.50. The van der Waals surface area contributed by atoms with E-state index >= 15 is 0 Å². The molecule has 1 aromatic heterocycles. The molecule has 4 heteroatoms.